The molecule has 4 N–H and O–H groups in total. The number of halogens is 1. The first-order chi connectivity index (χ1) is 9.97. The van der Waals surface area contributed by atoms with Crippen LogP contribution >= 0.6 is 11.6 Å². The van der Waals surface area contributed by atoms with Crippen molar-refractivity contribution in [2.24, 2.45) is 5.73 Å². The van der Waals surface area contributed by atoms with Crippen molar-refractivity contribution < 1.29 is 19.4 Å². The van der Waals surface area contributed by atoms with Crippen molar-refractivity contribution in [1.82, 2.24) is 5.32 Å². The van der Waals surface area contributed by atoms with E-state index in [-0.39, 0.29) is 19.3 Å². The molecule has 0 saturated heterocycles. The van der Waals surface area contributed by atoms with Crippen molar-refractivity contribution in [3.63, 3.8) is 0 Å². The Morgan fingerprint density at radius 1 is 1.52 bits per heavy atom. The molecule has 0 aliphatic carbocycles. The number of carbonyl (C=O) groups excluding carboxylic acids is 1. The molecule has 0 fully saturated rings. The van der Waals surface area contributed by atoms with Crippen LogP contribution in [0.4, 0.5) is 0 Å². The van der Waals surface area contributed by atoms with E-state index in [1.807, 2.05) is 6.92 Å². The number of aliphatic hydroxyl groups is 1. The lowest BCUT2D eigenvalue weighted by Gasteiger charge is -2.15. The van der Waals surface area contributed by atoms with Crippen LogP contribution in [0.15, 0.2) is 12.1 Å². The van der Waals surface area contributed by atoms with Gasteiger partial charge in [-0.05, 0) is 31.0 Å². The third kappa shape index (κ3) is 5.79. The number of primary amides is 1. The molecule has 0 radical (unpaired) electrons. The highest BCUT2D eigenvalue weighted by atomic mass is 35.5. The first-order valence-electron chi connectivity index (χ1n) is 6.59. The largest absolute Gasteiger partial charge is 0.493 e. The Morgan fingerprint density at radius 3 is 2.81 bits per heavy atom. The van der Waals surface area contributed by atoms with Gasteiger partial charge in [-0.3, -0.25) is 4.79 Å². The number of ether oxygens (including phenoxy) is 2. The van der Waals surface area contributed by atoms with Gasteiger partial charge in [0.2, 0.25) is 0 Å². The number of amides is 1. The normalized spacial score (nSPS) is 12.0. The van der Waals surface area contributed by atoms with E-state index in [0.717, 1.165) is 5.56 Å². The smallest absolute Gasteiger partial charge is 0.255 e. The number of hydrogen-bond acceptors (Lipinski definition) is 5. The number of nitrogens with one attached hydrogen (secondary N) is 1. The molecule has 1 aromatic carbocycles. The van der Waals surface area contributed by atoms with Crippen molar-refractivity contribution in [2.75, 3.05) is 20.3 Å². The van der Waals surface area contributed by atoms with Crippen LogP contribution in [0.5, 0.6) is 11.5 Å². The minimum Gasteiger partial charge on any atom is -0.493 e. The fourth-order valence-electron chi connectivity index (χ4n) is 1.75. The molecule has 0 heterocycles. The van der Waals surface area contributed by atoms with Gasteiger partial charge in [-0.15, -0.1) is 0 Å². The van der Waals surface area contributed by atoms with Crippen LogP contribution < -0.4 is 20.5 Å². The van der Waals surface area contributed by atoms with Crippen LogP contribution in [0.2, 0.25) is 5.02 Å². The summed E-state index contributed by atoms with van der Waals surface area (Å²) in [5, 5.41) is 12.5. The number of benzene rings is 1. The van der Waals surface area contributed by atoms with E-state index in [0.29, 0.717) is 29.5 Å². The standard InChI is InChI=1S/C14H21ClN2O4/c1-9(3-4-18)17-7-10-5-11(15)14(12(6-10)20-2)21-8-13(16)19/h5-6,9,17-18H,3-4,7-8H2,1-2H3,(H2,16,19). The summed E-state index contributed by atoms with van der Waals surface area (Å²) in [5.74, 6) is 0.150. The summed E-state index contributed by atoms with van der Waals surface area (Å²) < 4.78 is 10.5. The second kappa shape index (κ2) is 8.71. The number of carbonyl (C=O) groups is 1. The van der Waals surface area contributed by atoms with Crippen LogP contribution in [-0.4, -0.2) is 37.4 Å². The Morgan fingerprint density at radius 2 is 2.24 bits per heavy atom. The number of hydrogen-bond donors (Lipinski definition) is 3. The highest BCUT2D eigenvalue weighted by Crippen LogP contribution is 2.36. The third-order valence-electron chi connectivity index (χ3n) is 2.86. The van der Waals surface area contributed by atoms with Crippen LogP contribution in [-0.2, 0) is 11.3 Å². The van der Waals surface area contributed by atoms with Gasteiger partial charge in [0, 0.05) is 19.2 Å². The molecule has 118 valence electrons. The van der Waals surface area contributed by atoms with Gasteiger partial charge in [-0.25, -0.2) is 0 Å². The topological polar surface area (TPSA) is 93.8 Å². The third-order valence-corrected chi connectivity index (χ3v) is 3.15. The summed E-state index contributed by atoms with van der Waals surface area (Å²) in [7, 11) is 1.49. The van der Waals surface area contributed by atoms with E-state index >= 15 is 0 Å². The molecule has 0 aliphatic heterocycles. The average Bonchev–Trinajstić information content (AvgIpc) is 2.43. The highest BCUT2D eigenvalue weighted by molar-refractivity contribution is 6.32. The van der Waals surface area contributed by atoms with Crippen LogP contribution in [0.3, 0.4) is 0 Å². The number of aliphatic hydroxyl groups excluding tert-OH is 1. The number of rotatable bonds is 9. The lowest BCUT2D eigenvalue weighted by molar-refractivity contribution is -0.119. The van der Waals surface area contributed by atoms with Gasteiger partial charge in [-0.1, -0.05) is 11.6 Å². The second-order valence-corrected chi connectivity index (χ2v) is 5.07. The fourth-order valence-corrected chi connectivity index (χ4v) is 2.03. The lowest BCUT2D eigenvalue weighted by Crippen LogP contribution is -2.26. The van der Waals surface area contributed by atoms with Crippen molar-refractivity contribution in [3.05, 3.63) is 22.7 Å². The first kappa shape index (κ1) is 17.6. The van der Waals surface area contributed by atoms with Gasteiger partial charge in [0.1, 0.15) is 0 Å². The maximum Gasteiger partial charge on any atom is 0.255 e. The summed E-state index contributed by atoms with van der Waals surface area (Å²) in [6, 6.07) is 3.70. The zero-order valence-electron chi connectivity index (χ0n) is 12.2. The molecule has 1 atom stereocenters. The minimum absolute atomic E-state index is 0.137. The van der Waals surface area contributed by atoms with Crippen LogP contribution in [0, 0.1) is 0 Å². The lowest BCUT2D eigenvalue weighted by atomic mass is 10.1. The predicted octanol–water partition coefficient (Wildman–Crippen LogP) is 1.07. The summed E-state index contributed by atoms with van der Waals surface area (Å²) in [6.45, 7) is 2.44. The molecule has 6 nitrogen and oxygen atoms in total. The Bertz CT molecular complexity index is 482. The molecule has 1 amide bonds. The minimum atomic E-state index is -0.586. The maximum absolute atomic E-state index is 10.8. The van der Waals surface area contributed by atoms with Crippen molar-refractivity contribution >= 4 is 17.5 Å². The highest BCUT2D eigenvalue weighted by Gasteiger charge is 2.13. The van der Waals surface area contributed by atoms with E-state index in [2.05, 4.69) is 5.32 Å². The van der Waals surface area contributed by atoms with Gasteiger partial charge in [0.25, 0.3) is 5.91 Å². The quantitative estimate of drug-likeness (QED) is 0.633. The zero-order chi connectivity index (χ0) is 15.8. The summed E-state index contributed by atoms with van der Waals surface area (Å²) in [4.78, 5) is 10.8. The molecule has 0 spiro atoms. The second-order valence-electron chi connectivity index (χ2n) is 4.66. The predicted molar refractivity (Wildman–Crippen MR) is 80.7 cm³/mol. The van der Waals surface area contributed by atoms with Crippen molar-refractivity contribution in [1.29, 1.82) is 0 Å². The van der Waals surface area contributed by atoms with Crippen LogP contribution in [0.1, 0.15) is 18.9 Å². The average molecular weight is 317 g/mol. The summed E-state index contributed by atoms with van der Waals surface area (Å²) in [5.41, 5.74) is 5.95. The molecule has 0 aromatic heterocycles. The molecule has 7 heteroatoms. The number of nitrogens with two attached hydrogens (primary N) is 1. The van der Waals surface area contributed by atoms with E-state index in [1.165, 1.54) is 7.11 Å². The Labute approximate surface area is 129 Å². The molecule has 0 aliphatic rings. The van der Waals surface area contributed by atoms with Gasteiger partial charge < -0.3 is 25.6 Å². The van der Waals surface area contributed by atoms with Gasteiger partial charge in [0.15, 0.2) is 18.1 Å². The monoisotopic (exact) mass is 316 g/mol. The van der Waals surface area contributed by atoms with E-state index in [4.69, 9.17) is 31.9 Å². The maximum atomic E-state index is 10.8. The van der Waals surface area contributed by atoms with Crippen molar-refractivity contribution in [3.8, 4) is 11.5 Å². The molecule has 1 unspecified atom stereocenters. The fraction of sp³-hybridized carbons (Fsp3) is 0.500. The van der Waals surface area contributed by atoms with E-state index in [1.54, 1.807) is 12.1 Å². The molecule has 0 saturated carbocycles. The van der Waals surface area contributed by atoms with E-state index < -0.39 is 5.91 Å². The summed E-state index contributed by atoms with van der Waals surface area (Å²) in [6.07, 6.45) is 0.671. The Hall–Kier alpha value is -1.50. The van der Waals surface area contributed by atoms with E-state index in [9.17, 15) is 4.79 Å². The molecular formula is C14H21ClN2O4. The zero-order valence-corrected chi connectivity index (χ0v) is 12.9. The molecule has 1 rings (SSSR count). The number of methoxy groups -OCH3 is 1. The van der Waals surface area contributed by atoms with Gasteiger partial charge >= 0.3 is 0 Å². The molecule has 0 bridgehead atoms. The first-order valence-corrected chi connectivity index (χ1v) is 6.97. The van der Waals surface area contributed by atoms with Gasteiger partial charge in [0.05, 0.1) is 12.1 Å². The van der Waals surface area contributed by atoms with Crippen LogP contribution in [0.25, 0.3) is 0 Å². The van der Waals surface area contributed by atoms with Gasteiger partial charge in [-0.2, -0.15) is 0 Å². The van der Waals surface area contributed by atoms with Crippen molar-refractivity contribution in [2.45, 2.75) is 25.9 Å². The molecule has 21 heavy (non-hydrogen) atoms. The molecule has 1 aromatic rings. The molecular weight excluding hydrogens is 296 g/mol. The Balaban J connectivity index is 2.80. The SMILES string of the molecule is COc1cc(CNC(C)CCO)cc(Cl)c1OCC(N)=O. The summed E-state index contributed by atoms with van der Waals surface area (Å²) >= 11 is 6.15. The Kier molecular flexibility index (Phi) is 7.28.